The summed E-state index contributed by atoms with van der Waals surface area (Å²) in [5.41, 5.74) is 1.73. The summed E-state index contributed by atoms with van der Waals surface area (Å²) in [7, 11) is 0. The molecule has 0 spiro atoms. The highest BCUT2D eigenvalue weighted by molar-refractivity contribution is 6.30. The number of aromatic amines is 1. The second-order valence-electron chi connectivity index (χ2n) is 6.88. The molecule has 1 saturated carbocycles. The SMILES string of the molecule is O=C(NCC1(c2ccc(Cl)cc2)CCC1)c1n[nH]c2ccc([N+](=O)[O-])cc12. The lowest BCUT2D eigenvalue weighted by molar-refractivity contribution is -0.384. The van der Waals surface area contributed by atoms with Crippen LogP contribution in [0.5, 0.6) is 0 Å². The highest BCUT2D eigenvalue weighted by atomic mass is 35.5. The van der Waals surface area contributed by atoms with Crippen LogP contribution >= 0.6 is 11.6 Å². The molecule has 1 amide bonds. The molecule has 0 atom stereocenters. The van der Waals surface area contributed by atoms with E-state index in [0.29, 0.717) is 22.5 Å². The summed E-state index contributed by atoms with van der Waals surface area (Å²) in [6.07, 6.45) is 3.08. The third-order valence-corrected chi connectivity index (χ3v) is 5.58. The average molecular weight is 385 g/mol. The highest BCUT2D eigenvalue weighted by Crippen LogP contribution is 2.43. The van der Waals surface area contributed by atoms with Gasteiger partial charge in [-0.25, -0.2) is 0 Å². The minimum Gasteiger partial charge on any atom is -0.350 e. The Kier molecular flexibility index (Phi) is 4.31. The Balaban J connectivity index is 1.55. The van der Waals surface area contributed by atoms with Crippen LogP contribution in [0.1, 0.15) is 35.3 Å². The maximum atomic E-state index is 12.7. The van der Waals surface area contributed by atoms with Gasteiger partial charge < -0.3 is 5.32 Å². The van der Waals surface area contributed by atoms with Crippen molar-refractivity contribution in [3.8, 4) is 0 Å². The number of hydrogen-bond donors (Lipinski definition) is 2. The number of nitro benzene ring substituents is 1. The number of amides is 1. The fourth-order valence-corrected chi connectivity index (χ4v) is 3.72. The van der Waals surface area contributed by atoms with E-state index in [1.54, 1.807) is 6.07 Å². The van der Waals surface area contributed by atoms with Crippen molar-refractivity contribution in [3.05, 3.63) is 68.9 Å². The number of H-pyrrole nitrogens is 1. The number of hydrogen-bond acceptors (Lipinski definition) is 4. The van der Waals surface area contributed by atoms with Crippen molar-refractivity contribution in [2.45, 2.75) is 24.7 Å². The van der Waals surface area contributed by atoms with E-state index in [0.717, 1.165) is 24.8 Å². The first kappa shape index (κ1) is 17.5. The molecule has 2 N–H and O–H groups in total. The monoisotopic (exact) mass is 384 g/mol. The number of nitro groups is 1. The van der Waals surface area contributed by atoms with Crippen molar-refractivity contribution >= 4 is 34.1 Å². The molecule has 0 aliphatic heterocycles. The van der Waals surface area contributed by atoms with Gasteiger partial charge in [0, 0.05) is 34.5 Å². The van der Waals surface area contributed by atoms with Gasteiger partial charge in [0.15, 0.2) is 5.69 Å². The molecule has 4 rings (SSSR count). The normalized spacial score (nSPS) is 15.3. The predicted molar refractivity (Wildman–Crippen MR) is 102 cm³/mol. The summed E-state index contributed by atoms with van der Waals surface area (Å²) in [5, 5.41) is 21.9. The van der Waals surface area contributed by atoms with Gasteiger partial charge in [-0.15, -0.1) is 0 Å². The van der Waals surface area contributed by atoms with Crippen molar-refractivity contribution in [3.63, 3.8) is 0 Å². The topological polar surface area (TPSA) is 101 Å². The van der Waals surface area contributed by atoms with Crippen LogP contribution in [-0.4, -0.2) is 27.6 Å². The van der Waals surface area contributed by atoms with Gasteiger partial charge in [-0.3, -0.25) is 20.0 Å². The number of rotatable bonds is 5. The predicted octanol–water partition coefficient (Wildman–Crippen LogP) is 3.98. The van der Waals surface area contributed by atoms with Crippen LogP contribution < -0.4 is 5.32 Å². The van der Waals surface area contributed by atoms with Gasteiger partial charge in [0.25, 0.3) is 11.6 Å². The lowest BCUT2D eigenvalue weighted by Crippen LogP contribution is -2.45. The number of benzene rings is 2. The number of halogens is 1. The summed E-state index contributed by atoms with van der Waals surface area (Å²) in [5.74, 6) is -0.345. The number of nitrogens with one attached hydrogen (secondary N) is 2. The molecule has 0 unspecified atom stereocenters. The van der Waals surface area contributed by atoms with Crippen LogP contribution in [0.2, 0.25) is 5.02 Å². The van der Waals surface area contributed by atoms with Gasteiger partial charge in [-0.05, 0) is 36.6 Å². The van der Waals surface area contributed by atoms with Gasteiger partial charge in [0.1, 0.15) is 0 Å². The zero-order chi connectivity index (χ0) is 19.0. The maximum Gasteiger partial charge on any atom is 0.272 e. The number of carbonyl (C=O) groups is 1. The Morgan fingerprint density at radius 3 is 2.63 bits per heavy atom. The summed E-state index contributed by atoms with van der Waals surface area (Å²) < 4.78 is 0. The van der Waals surface area contributed by atoms with Crippen LogP contribution in [0.25, 0.3) is 10.9 Å². The largest absolute Gasteiger partial charge is 0.350 e. The van der Waals surface area contributed by atoms with Crippen molar-refractivity contribution in [1.29, 1.82) is 0 Å². The maximum absolute atomic E-state index is 12.7. The summed E-state index contributed by atoms with van der Waals surface area (Å²) in [6, 6.07) is 12.0. The molecule has 1 aromatic heterocycles. The minimum absolute atomic E-state index is 0.0745. The molecule has 1 fully saturated rings. The van der Waals surface area contributed by atoms with E-state index in [9.17, 15) is 14.9 Å². The summed E-state index contributed by atoms with van der Waals surface area (Å²) in [6.45, 7) is 0.483. The van der Waals surface area contributed by atoms with E-state index < -0.39 is 4.92 Å². The number of carbonyl (C=O) groups excluding carboxylic acids is 1. The van der Waals surface area contributed by atoms with Gasteiger partial charge in [0.2, 0.25) is 0 Å². The second kappa shape index (κ2) is 6.66. The standard InChI is InChI=1S/C19H17ClN4O3/c20-13-4-2-12(3-5-13)19(8-1-9-19)11-21-18(25)17-15-10-14(24(26)27)6-7-16(15)22-23-17/h2-7,10H,1,8-9,11H2,(H,21,25)(H,22,23). The lowest BCUT2D eigenvalue weighted by atomic mass is 9.64. The fourth-order valence-electron chi connectivity index (χ4n) is 3.60. The Morgan fingerprint density at radius 2 is 2.00 bits per heavy atom. The molecule has 3 aromatic rings. The molecule has 1 aliphatic rings. The molecule has 8 heteroatoms. The van der Waals surface area contributed by atoms with Gasteiger partial charge in [0.05, 0.1) is 10.4 Å². The molecule has 7 nitrogen and oxygen atoms in total. The van der Waals surface area contributed by atoms with Crippen molar-refractivity contribution in [2.75, 3.05) is 6.54 Å². The highest BCUT2D eigenvalue weighted by Gasteiger charge is 2.39. The Morgan fingerprint density at radius 1 is 1.26 bits per heavy atom. The number of fused-ring (bicyclic) bond motifs is 1. The van der Waals surface area contributed by atoms with E-state index in [4.69, 9.17) is 11.6 Å². The molecular formula is C19H17ClN4O3. The van der Waals surface area contributed by atoms with Crippen LogP contribution in [0.15, 0.2) is 42.5 Å². The lowest BCUT2D eigenvalue weighted by Gasteiger charge is -2.42. The molecule has 27 heavy (non-hydrogen) atoms. The molecule has 0 saturated heterocycles. The minimum atomic E-state index is -0.488. The second-order valence-corrected chi connectivity index (χ2v) is 7.32. The smallest absolute Gasteiger partial charge is 0.272 e. The van der Waals surface area contributed by atoms with Gasteiger partial charge in [-0.1, -0.05) is 30.2 Å². The summed E-state index contributed by atoms with van der Waals surface area (Å²) in [4.78, 5) is 23.2. The first-order valence-corrected chi connectivity index (χ1v) is 9.03. The Hall–Kier alpha value is -2.93. The molecule has 1 heterocycles. The van der Waals surface area contributed by atoms with E-state index >= 15 is 0 Å². The molecule has 138 valence electrons. The van der Waals surface area contributed by atoms with Gasteiger partial charge >= 0.3 is 0 Å². The molecule has 0 radical (unpaired) electrons. The van der Waals surface area contributed by atoms with Crippen LogP contribution in [0.4, 0.5) is 5.69 Å². The number of aromatic nitrogens is 2. The number of non-ortho nitro benzene ring substituents is 1. The van der Waals surface area contributed by atoms with Crippen LogP contribution in [0.3, 0.4) is 0 Å². The van der Waals surface area contributed by atoms with Crippen molar-refractivity contribution in [2.24, 2.45) is 0 Å². The zero-order valence-corrected chi connectivity index (χ0v) is 15.1. The zero-order valence-electron chi connectivity index (χ0n) is 14.4. The van der Waals surface area contributed by atoms with Crippen molar-refractivity contribution in [1.82, 2.24) is 15.5 Å². The molecule has 1 aliphatic carbocycles. The molecule has 0 bridgehead atoms. The fraction of sp³-hybridized carbons (Fsp3) is 0.263. The van der Waals surface area contributed by atoms with Crippen LogP contribution in [-0.2, 0) is 5.41 Å². The Labute approximate surface area is 159 Å². The average Bonchev–Trinajstić information content (AvgIpc) is 3.05. The van der Waals surface area contributed by atoms with E-state index in [1.165, 1.54) is 12.1 Å². The van der Waals surface area contributed by atoms with Crippen molar-refractivity contribution < 1.29 is 9.72 Å². The number of nitrogens with zero attached hydrogens (tertiary/aromatic N) is 2. The quantitative estimate of drug-likeness (QED) is 0.513. The first-order chi connectivity index (χ1) is 13.0. The van der Waals surface area contributed by atoms with E-state index in [2.05, 4.69) is 15.5 Å². The molecule has 2 aromatic carbocycles. The van der Waals surface area contributed by atoms with E-state index in [-0.39, 0.29) is 22.7 Å². The molecular weight excluding hydrogens is 368 g/mol. The summed E-state index contributed by atoms with van der Waals surface area (Å²) >= 11 is 5.98. The Bertz CT molecular complexity index is 1030. The first-order valence-electron chi connectivity index (χ1n) is 8.65. The van der Waals surface area contributed by atoms with Gasteiger partial charge in [-0.2, -0.15) is 5.10 Å². The third kappa shape index (κ3) is 3.14. The van der Waals surface area contributed by atoms with Crippen LogP contribution in [0, 0.1) is 10.1 Å². The third-order valence-electron chi connectivity index (χ3n) is 5.33. The van der Waals surface area contributed by atoms with E-state index in [1.807, 2.05) is 24.3 Å².